The molecule has 0 saturated carbocycles. The summed E-state index contributed by atoms with van der Waals surface area (Å²) in [5.41, 5.74) is -4.00. The van der Waals surface area contributed by atoms with Gasteiger partial charge < -0.3 is 25.0 Å². The third-order valence-corrected chi connectivity index (χ3v) is 10.1. The number of thiazole rings is 1. The number of rotatable bonds is 3. The number of aryl methyl sites for hydroxylation is 1. The van der Waals surface area contributed by atoms with Crippen LogP contribution in [0.15, 0.2) is 32.5 Å². The van der Waals surface area contributed by atoms with Crippen molar-refractivity contribution < 1.29 is 39.2 Å². The zero-order valence-electron chi connectivity index (χ0n) is 22.8. The molecule has 0 aliphatic heterocycles. The minimum Gasteiger partial charge on any atom is -0.507 e. The Labute approximate surface area is 259 Å². The number of methoxy groups -OCH3 is 1. The van der Waals surface area contributed by atoms with Crippen LogP contribution in [-0.2, 0) is 16.6 Å². The van der Waals surface area contributed by atoms with Crippen molar-refractivity contribution in [2.24, 2.45) is 0 Å². The first-order valence-corrected chi connectivity index (χ1v) is 14.9. The van der Waals surface area contributed by atoms with Crippen LogP contribution < -0.4 is 5.56 Å². The standard InChI is InChI=1S/C31H19BrN2O9S/c1-10-33-12(9-44-10)4-3-11-7-14-17(30(42)34-11)27(39)22-13(23(14)32)5-6-31(22)28(40)20-21(29(31)41)26(38)19-18(25(20)37)15(35)8-16(43-2)24(19)36/h3-4,7-9,37-39H,5-6H2,1-2H3,(H,34,42)/b4-3+. The smallest absolute Gasteiger partial charge is 0.260 e. The lowest BCUT2D eigenvalue weighted by molar-refractivity contribution is 0.0790. The molecule has 44 heavy (non-hydrogen) atoms. The summed E-state index contributed by atoms with van der Waals surface area (Å²) in [5, 5.41) is 36.8. The number of hydrogen-bond donors (Lipinski definition) is 4. The maximum Gasteiger partial charge on any atom is 0.260 e. The van der Waals surface area contributed by atoms with E-state index < -0.39 is 79.4 Å². The normalized spacial score (nSPS) is 18.8. The number of aromatic hydroxyl groups is 3. The van der Waals surface area contributed by atoms with Gasteiger partial charge in [0.05, 0.1) is 45.5 Å². The molecule has 0 saturated heterocycles. The number of carbonyl (C=O) groups is 4. The zero-order valence-corrected chi connectivity index (χ0v) is 25.2. The summed E-state index contributed by atoms with van der Waals surface area (Å²) in [7, 11) is 1.14. The van der Waals surface area contributed by atoms with Gasteiger partial charge in [0, 0.05) is 32.6 Å². The average Bonchev–Trinajstić information content (AvgIpc) is 3.66. The lowest BCUT2D eigenvalue weighted by Crippen LogP contribution is -2.36. The number of allylic oxidation sites excluding steroid dienone is 2. The number of fused-ring (bicyclic) bond motifs is 5. The van der Waals surface area contributed by atoms with E-state index in [0.717, 1.165) is 18.2 Å². The minimum atomic E-state index is -2.13. The Morgan fingerprint density at radius 1 is 1.00 bits per heavy atom. The highest BCUT2D eigenvalue weighted by molar-refractivity contribution is 9.10. The number of carbonyl (C=O) groups excluding carboxylic acids is 4. The second kappa shape index (κ2) is 9.31. The summed E-state index contributed by atoms with van der Waals surface area (Å²) in [5.74, 6) is -6.69. The van der Waals surface area contributed by atoms with Gasteiger partial charge in [0.15, 0.2) is 23.1 Å². The van der Waals surface area contributed by atoms with E-state index in [2.05, 4.69) is 25.9 Å². The topological polar surface area (TPSA) is 184 Å². The van der Waals surface area contributed by atoms with E-state index in [9.17, 15) is 39.3 Å². The fraction of sp³-hybridized carbons (Fsp3) is 0.161. The van der Waals surface area contributed by atoms with Crippen LogP contribution in [0, 0.1) is 6.92 Å². The summed E-state index contributed by atoms with van der Waals surface area (Å²) in [6.45, 7) is 1.87. The Morgan fingerprint density at radius 2 is 1.68 bits per heavy atom. The number of ether oxygens (including phenoxy) is 1. The number of nitrogens with zero attached hydrogens (tertiary/aromatic N) is 1. The molecule has 11 nitrogen and oxygen atoms in total. The van der Waals surface area contributed by atoms with Gasteiger partial charge in [-0.2, -0.15) is 0 Å². The SMILES string of the molecule is COC1=CC(=O)c2c(O)c3c(c(O)c2C1=O)C(=O)C1(CCc2c1c(O)c1c(=O)[nH]c(/C=C/c4csc(C)n4)cc1c2Br)C3=O. The summed E-state index contributed by atoms with van der Waals surface area (Å²) < 4.78 is 5.31. The van der Waals surface area contributed by atoms with E-state index in [1.54, 1.807) is 18.2 Å². The molecule has 3 aliphatic carbocycles. The second-order valence-electron chi connectivity index (χ2n) is 10.7. The van der Waals surface area contributed by atoms with Gasteiger partial charge in [-0.15, -0.1) is 11.3 Å². The zero-order chi connectivity index (χ0) is 31.4. The Kier molecular flexibility index (Phi) is 5.91. The molecule has 1 atom stereocenters. The number of phenolic OH excluding ortho intramolecular Hbond substituents is 3. The van der Waals surface area contributed by atoms with Crippen molar-refractivity contribution in [2.75, 3.05) is 7.11 Å². The first-order valence-electron chi connectivity index (χ1n) is 13.2. The molecule has 0 fully saturated rings. The van der Waals surface area contributed by atoms with Crippen LogP contribution in [0.5, 0.6) is 17.2 Å². The van der Waals surface area contributed by atoms with Crippen LogP contribution in [0.3, 0.4) is 0 Å². The Morgan fingerprint density at radius 3 is 2.32 bits per heavy atom. The number of hydrogen-bond acceptors (Lipinski definition) is 11. The molecule has 2 aromatic carbocycles. The predicted octanol–water partition coefficient (Wildman–Crippen LogP) is 4.52. The first kappa shape index (κ1) is 27.9. The van der Waals surface area contributed by atoms with E-state index in [1.807, 2.05) is 12.3 Å². The molecular formula is C31H19BrN2O9S. The highest BCUT2D eigenvalue weighted by atomic mass is 79.9. The van der Waals surface area contributed by atoms with Crippen molar-refractivity contribution >= 4 is 73.3 Å². The van der Waals surface area contributed by atoms with Gasteiger partial charge in [-0.05, 0) is 59.5 Å². The average molecular weight is 675 g/mol. The molecule has 0 amide bonds. The Hall–Kier alpha value is -4.88. The van der Waals surface area contributed by atoms with E-state index in [1.165, 1.54) is 11.3 Å². The van der Waals surface area contributed by atoms with Gasteiger partial charge in [-0.3, -0.25) is 24.0 Å². The van der Waals surface area contributed by atoms with Crippen molar-refractivity contribution in [1.29, 1.82) is 0 Å². The highest BCUT2D eigenvalue weighted by Crippen LogP contribution is 2.58. The number of nitrogens with one attached hydrogen (secondary N) is 1. The highest BCUT2D eigenvalue weighted by Gasteiger charge is 2.62. The molecule has 1 unspecified atom stereocenters. The molecule has 1 spiro atoms. The monoisotopic (exact) mass is 674 g/mol. The molecule has 4 N–H and O–H groups in total. The molecule has 4 aromatic rings. The van der Waals surface area contributed by atoms with Crippen LogP contribution in [-0.4, -0.2) is 55.5 Å². The summed E-state index contributed by atoms with van der Waals surface area (Å²) in [4.78, 5) is 74.6. The van der Waals surface area contributed by atoms with Gasteiger partial charge in [0.1, 0.15) is 22.7 Å². The molecule has 13 heteroatoms. The maximum atomic E-state index is 14.2. The van der Waals surface area contributed by atoms with Gasteiger partial charge in [0.2, 0.25) is 5.78 Å². The Bertz CT molecular complexity index is 2230. The number of halogens is 1. The molecule has 2 heterocycles. The molecule has 220 valence electrons. The summed E-state index contributed by atoms with van der Waals surface area (Å²) in [6, 6.07) is 1.64. The van der Waals surface area contributed by atoms with Crippen molar-refractivity contribution in [2.45, 2.75) is 25.2 Å². The quantitative estimate of drug-likeness (QED) is 0.178. The third-order valence-electron chi connectivity index (χ3n) is 8.43. The third kappa shape index (κ3) is 3.41. The minimum absolute atomic E-state index is 0.107. The Balaban J connectivity index is 1.43. The number of aromatic amines is 1. The van der Waals surface area contributed by atoms with Crippen LogP contribution >= 0.6 is 27.3 Å². The second-order valence-corrected chi connectivity index (χ2v) is 12.5. The van der Waals surface area contributed by atoms with E-state index in [0.29, 0.717) is 26.8 Å². The predicted molar refractivity (Wildman–Crippen MR) is 162 cm³/mol. The molecule has 2 aromatic heterocycles. The van der Waals surface area contributed by atoms with Crippen molar-refractivity contribution in [3.05, 3.63) is 87.9 Å². The molecule has 7 rings (SSSR count). The van der Waals surface area contributed by atoms with E-state index in [-0.39, 0.29) is 23.8 Å². The fourth-order valence-electron chi connectivity index (χ4n) is 6.52. The number of phenols is 3. The fourth-order valence-corrected chi connectivity index (χ4v) is 7.81. The van der Waals surface area contributed by atoms with E-state index >= 15 is 0 Å². The van der Waals surface area contributed by atoms with Crippen molar-refractivity contribution in [3.8, 4) is 17.2 Å². The number of Topliss-reactive ketones (excluding diaryl/α,β-unsaturated/α-hetero) is 3. The molecule has 0 bridgehead atoms. The number of ketones is 4. The summed E-state index contributed by atoms with van der Waals surface area (Å²) in [6.07, 6.45) is 4.14. The number of benzene rings is 2. The van der Waals surface area contributed by atoms with Gasteiger partial charge in [0.25, 0.3) is 5.56 Å². The number of aromatic nitrogens is 2. The molecular weight excluding hydrogens is 656 g/mol. The summed E-state index contributed by atoms with van der Waals surface area (Å²) >= 11 is 5.00. The van der Waals surface area contributed by atoms with Crippen LogP contribution in [0.1, 0.15) is 75.4 Å². The molecule has 0 radical (unpaired) electrons. The van der Waals surface area contributed by atoms with Crippen LogP contribution in [0.25, 0.3) is 22.9 Å². The van der Waals surface area contributed by atoms with Gasteiger partial charge in [-0.25, -0.2) is 4.98 Å². The van der Waals surface area contributed by atoms with Crippen molar-refractivity contribution in [1.82, 2.24) is 9.97 Å². The van der Waals surface area contributed by atoms with Gasteiger partial charge in [-0.1, -0.05) is 0 Å². The van der Waals surface area contributed by atoms with Crippen molar-refractivity contribution in [3.63, 3.8) is 0 Å². The number of H-pyrrole nitrogens is 1. The first-order chi connectivity index (χ1) is 20.9. The lowest BCUT2D eigenvalue weighted by Gasteiger charge is -2.23. The largest absolute Gasteiger partial charge is 0.507 e. The van der Waals surface area contributed by atoms with Gasteiger partial charge >= 0.3 is 0 Å². The lowest BCUT2D eigenvalue weighted by atomic mass is 9.76. The maximum absolute atomic E-state index is 14.2. The number of pyridine rings is 1. The van der Waals surface area contributed by atoms with E-state index in [4.69, 9.17) is 4.74 Å². The van der Waals surface area contributed by atoms with Crippen LogP contribution in [0.2, 0.25) is 0 Å². The molecule has 3 aliphatic rings. The van der Waals surface area contributed by atoms with Crippen LogP contribution in [0.4, 0.5) is 0 Å².